The van der Waals surface area contributed by atoms with Gasteiger partial charge in [-0.05, 0) is 78.5 Å². The van der Waals surface area contributed by atoms with Crippen molar-refractivity contribution in [3.8, 4) is 0 Å². The van der Waals surface area contributed by atoms with Crippen LogP contribution in [0.15, 0.2) is 58.5 Å². The van der Waals surface area contributed by atoms with E-state index in [2.05, 4.69) is 6.92 Å². The van der Waals surface area contributed by atoms with Crippen molar-refractivity contribution in [3.05, 3.63) is 85.9 Å². The summed E-state index contributed by atoms with van der Waals surface area (Å²) in [6, 6.07) is 11.3. The Kier molecular flexibility index (Phi) is 7.95. The van der Waals surface area contributed by atoms with Gasteiger partial charge in [0.2, 0.25) is 0 Å². The second-order valence-corrected chi connectivity index (χ2v) is 12.3. The van der Waals surface area contributed by atoms with Crippen molar-refractivity contribution in [2.45, 2.75) is 64.4 Å². The Morgan fingerprint density at radius 1 is 1.05 bits per heavy atom. The first-order chi connectivity index (χ1) is 20.0. The molecule has 1 unspecified atom stereocenters. The van der Waals surface area contributed by atoms with Gasteiger partial charge < -0.3 is 15.4 Å². The third kappa shape index (κ3) is 5.31. The molecule has 0 saturated heterocycles. The number of hydrogen-bond donors (Lipinski definition) is 1. The van der Waals surface area contributed by atoms with Crippen LogP contribution < -0.4 is 16.3 Å². The van der Waals surface area contributed by atoms with Gasteiger partial charge in [0, 0.05) is 34.2 Å². The third-order valence-corrected chi connectivity index (χ3v) is 9.55. The fourth-order valence-electron chi connectivity index (χ4n) is 6.13. The normalized spacial score (nSPS) is 20.9. The number of carbonyl (C=O) groups excluding carboxylic acids is 3. The summed E-state index contributed by atoms with van der Waals surface area (Å²) >= 11 is 1.79. The smallest absolute Gasteiger partial charge is 0.256 e. The largest absolute Gasteiger partial charge is 0.400 e. The molecule has 0 spiro atoms. The minimum Gasteiger partial charge on any atom is -0.400 e. The van der Waals surface area contributed by atoms with Crippen LogP contribution in [-0.2, 0) is 20.9 Å². The highest BCUT2D eigenvalue weighted by Crippen LogP contribution is 2.41. The number of unbranched alkanes of at least 4 members (excludes halogenated alkanes) is 1. The van der Waals surface area contributed by atoms with Crippen LogP contribution in [0.25, 0.3) is 11.3 Å². The number of nitrogens with zero attached hydrogens (tertiary/aromatic N) is 2. The van der Waals surface area contributed by atoms with Gasteiger partial charge in [0.15, 0.2) is 11.6 Å². The van der Waals surface area contributed by atoms with Crippen molar-refractivity contribution in [3.63, 3.8) is 0 Å². The van der Waals surface area contributed by atoms with Crippen molar-refractivity contribution in [1.82, 2.24) is 9.88 Å². The maximum absolute atomic E-state index is 13.6. The minimum atomic E-state index is -0.918. The van der Waals surface area contributed by atoms with Crippen molar-refractivity contribution in [2.75, 3.05) is 19.0 Å². The number of pyridine rings is 1. The highest BCUT2D eigenvalue weighted by atomic mass is 32.2. The number of Topliss-reactive ketones (excluding diaryl/α,β-unsaturated/α-hetero) is 2. The van der Waals surface area contributed by atoms with Gasteiger partial charge in [0.1, 0.15) is 12.6 Å². The Morgan fingerprint density at radius 3 is 2.76 bits per heavy atom. The van der Waals surface area contributed by atoms with Gasteiger partial charge in [-0.15, -0.1) is 11.8 Å². The topological polar surface area (TPSA) is 103 Å². The van der Waals surface area contributed by atoms with Gasteiger partial charge in [-0.25, -0.2) is 4.98 Å². The Bertz CT molecular complexity index is 1620. The van der Waals surface area contributed by atoms with Crippen LogP contribution in [0.2, 0.25) is 0 Å². The number of aromatic nitrogens is 1. The van der Waals surface area contributed by atoms with Crippen molar-refractivity contribution < 1.29 is 19.1 Å². The molecular weight excluding hydrogens is 534 g/mol. The van der Waals surface area contributed by atoms with E-state index in [9.17, 15) is 14.4 Å². The molecule has 0 fully saturated rings. The molecule has 3 aliphatic carbocycles. The summed E-state index contributed by atoms with van der Waals surface area (Å²) in [6.45, 7) is 3.16. The predicted molar refractivity (Wildman–Crippen MR) is 160 cm³/mol. The number of fused-ring (bicyclic) bond motifs is 2. The summed E-state index contributed by atoms with van der Waals surface area (Å²) in [5.41, 5.74) is 11.4. The highest BCUT2D eigenvalue weighted by Gasteiger charge is 2.42. The molecule has 0 bridgehead atoms. The molecule has 8 heteroatoms. The molecule has 1 amide bonds. The highest BCUT2D eigenvalue weighted by molar-refractivity contribution is 8.03. The lowest BCUT2D eigenvalue weighted by molar-refractivity contribution is -0.123. The molecule has 1 atom stereocenters. The number of allylic oxidation sites excluding steroid dienone is 4. The maximum atomic E-state index is 13.6. The van der Waals surface area contributed by atoms with Crippen molar-refractivity contribution in [2.24, 2.45) is 5.73 Å². The van der Waals surface area contributed by atoms with E-state index < -0.39 is 5.92 Å². The minimum absolute atomic E-state index is 0.0583. The van der Waals surface area contributed by atoms with E-state index in [1.165, 1.54) is 4.91 Å². The lowest BCUT2D eigenvalue weighted by Crippen LogP contribution is -2.39. The van der Waals surface area contributed by atoms with Gasteiger partial charge in [0.25, 0.3) is 5.91 Å². The monoisotopic (exact) mass is 569 g/mol. The molecule has 2 aromatic rings. The molecule has 41 heavy (non-hydrogen) atoms. The van der Waals surface area contributed by atoms with E-state index in [0.29, 0.717) is 59.4 Å². The average molecular weight is 570 g/mol. The molecule has 1 aliphatic heterocycles. The van der Waals surface area contributed by atoms with Crippen LogP contribution in [-0.4, -0.2) is 46.4 Å². The van der Waals surface area contributed by atoms with Crippen molar-refractivity contribution in [1.29, 1.82) is 0 Å². The van der Waals surface area contributed by atoms with Crippen LogP contribution in [0.3, 0.4) is 0 Å². The molecule has 2 heterocycles. The quantitative estimate of drug-likeness (QED) is 0.399. The second kappa shape index (κ2) is 11.8. The van der Waals surface area contributed by atoms with Gasteiger partial charge in [-0.3, -0.25) is 14.4 Å². The van der Waals surface area contributed by atoms with Crippen molar-refractivity contribution >= 4 is 40.5 Å². The van der Waals surface area contributed by atoms with Crippen LogP contribution >= 0.6 is 11.8 Å². The number of nitrogens with two attached hydrogens (primary N) is 1. The molecule has 4 aliphatic rings. The first-order valence-electron chi connectivity index (χ1n) is 14.5. The Balaban J connectivity index is 1.32. The third-order valence-electron chi connectivity index (χ3n) is 8.37. The van der Waals surface area contributed by atoms with Crippen LogP contribution in [0.1, 0.15) is 79.4 Å². The first-order valence-corrected chi connectivity index (χ1v) is 15.5. The lowest BCUT2D eigenvalue weighted by atomic mass is 9.96. The van der Waals surface area contributed by atoms with Crippen LogP contribution in [0.5, 0.6) is 0 Å². The van der Waals surface area contributed by atoms with Gasteiger partial charge in [0.05, 0.1) is 17.6 Å². The van der Waals surface area contributed by atoms with E-state index in [1.807, 2.05) is 36.4 Å². The van der Waals surface area contributed by atoms with E-state index >= 15 is 0 Å². The molecule has 0 radical (unpaired) electrons. The summed E-state index contributed by atoms with van der Waals surface area (Å²) in [5, 5.41) is 1.50. The SMILES string of the molecule is CCCCSC1=CC2=C(CC1)C(=O)C(c1ccc3c(n1)=C(N)CCCC=3CN1COCc3ccccc3C1=O)C2=O. The molecule has 212 valence electrons. The molecule has 7 nitrogen and oxygen atoms in total. The summed E-state index contributed by atoms with van der Waals surface area (Å²) in [5.74, 6) is -0.240. The number of ketones is 2. The number of benzene rings is 1. The van der Waals surface area contributed by atoms with Gasteiger partial charge in [-0.1, -0.05) is 37.6 Å². The summed E-state index contributed by atoms with van der Waals surface area (Å²) in [4.78, 5) is 48.2. The standard InChI is InChI=1S/C33H35N3O4S/c1-2-3-15-41-22-11-12-25-26(16-22)32(38)29(31(25)37)28-14-13-23-20(8-6-10-27(34)30(23)35-28)17-36-19-40-18-21-7-4-5-9-24(21)33(36)39/h4-5,7,9,13-14,16,29H,2-3,6,8,10-12,15,17-19,34H2,1H3. The molecule has 6 rings (SSSR count). The number of amides is 1. The summed E-state index contributed by atoms with van der Waals surface area (Å²) < 4.78 is 5.84. The van der Waals surface area contributed by atoms with E-state index in [0.717, 1.165) is 54.2 Å². The summed E-state index contributed by atoms with van der Waals surface area (Å²) in [6.07, 6.45) is 7.86. The molecule has 0 saturated carbocycles. The zero-order chi connectivity index (χ0) is 28.5. The molecule has 1 aromatic heterocycles. The predicted octanol–water partition coefficient (Wildman–Crippen LogP) is 3.86. The summed E-state index contributed by atoms with van der Waals surface area (Å²) in [7, 11) is 0. The van der Waals surface area contributed by atoms with Crippen LogP contribution in [0, 0.1) is 0 Å². The lowest BCUT2D eigenvalue weighted by Gasteiger charge is -2.22. The van der Waals surface area contributed by atoms with E-state index in [1.54, 1.807) is 22.7 Å². The maximum Gasteiger partial charge on any atom is 0.256 e. The zero-order valence-electron chi connectivity index (χ0n) is 23.4. The van der Waals surface area contributed by atoms with Crippen LogP contribution in [0.4, 0.5) is 0 Å². The number of thioether (sulfide) groups is 1. The second-order valence-electron chi connectivity index (χ2n) is 11.1. The first kappa shape index (κ1) is 27.7. The molecular formula is C33H35N3O4S. The van der Waals surface area contributed by atoms with Gasteiger partial charge >= 0.3 is 0 Å². The average Bonchev–Trinajstić information content (AvgIpc) is 3.08. The fraction of sp³-hybridized carbons (Fsp3) is 0.394. The zero-order valence-corrected chi connectivity index (χ0v) is 24.2. The fourth-order valence-corrected chi connectivity index (χ4v) is 7.27. The molecule has 1 aromatic carbocycles. The molecule has 2 N–H and O–H groups in total. The van der Waals surface area contributed by atoms with E-state index in [4.69, 9.17) is 15.5 Å². The Hall–Kier alpha value is -3.49. The Labute approximate surface area is 244 Å². The van der Waals surface area contributed by atoms with Gasteiger partial charge in [-0.2, -0.15) is 0 Å². The number of hydrogen-bond acceptors (Lipinski definition) is 7. The Morgan fingerprint density at radius 2 is 1.90 bits per heavy atom. The van der Waals surface area contributed by atoms with E-state index in [-0.39, 0.29) is 24.2 Å². The number of carbonyl (C=O) groups is 3. The number of ether oxygens (including phenoxy) is 1. The number of rotatable bonds is 7.